The third kappa shape index (κ3) is 6.29. The number of hydrogen-bond donors (Lipinski definition) is 0. The molecule has 2 heteroatoms. The van der Waals surface area contributed by atoms with Crippen molar-refractivity contribution in [3.05, 3.63) is 30.3 Å². The third-order valence-corrected chi connectivity index (χ3v) is 4.83. The van der Waals surface area contributed by atoms with Gasteiger partial charge in [-0.3, -0.25) is 0 Å². The maximum Gasteiger partial charge on any atom is 0.124 e. The molecule has 2 unspecified atom stereocenters. The number of carbonyl (C=O) groups is 1. The van der Waals surface area contributed by atoms with Crippen LogP contribution in [0.5, 0.6) is 0 Å². The van der Waals surface area contributed by atoms with Gasteiger partial charge in [0.1, 0.15) is 6.29 Å². The molecule has 0 N–H and O–H groups in total. The van der Waals surface area contributed by atoms with Crippen LogP contribution in [0.25, 0.3) is 0 Å². The average Bonchev–Trinajstić information content (AvgIpc) is 2.44. The molecule has 0 heterocycles. The number of thioether (sulfide) groups is 1. The summed E-state index contributed by atoms with van der Waals surface area (Å²) in [5.41, 5.74) is 0. The van der Waals surface area contributed by atoms with Crippen LogP contribution in [0.3, 0.4) is 0 Å². The molecule has 0 aromatic heterocycles. The first kappa shape index (κ1) is 16.3. The zero-order valence-electron chi connectivity index (χ0n) is 12.2. The Morgan fingerprint density at radius 1 is 1.05 bits per heavy atom. The first-order chi connectivity index (χ1) is 9.31. The van der Waals surface area contributed by atoms with Crippen LogP contribution in [0.1, 0.15) is 52.4 Å². The van der Waals surface area contributed by atoms with Crippen molar-refractivity contribution >= 4 is 18.0 Å². The van der Waals surface area contributed by atoms with Crippen molar-refractivity contribution in [2.75, 3.05) is 0 Å². The summed E-state index contributed by atoms with van der Waals surface area (Å²) in [5, 5.41) is 0.432. The molecule has 1 aromatic rings. The van der Waals surface area contributed by atoms with Gasteiger partial charge in [0.2, 0.25) is 0 Å². The van der Waals surface area contributed by atoms with E-state index in [1.165, 1.54) is 30.4 Å². The molecule has 0 aliphatic carbocycles. The summed E-state index contributed by atoms with van der Waals surface area (Å²) in [6.07, 6.45) is 8.12. The van der Waals surface area contributed by atoms with Crippen molar-refractivity contribution in [3.63, 3.8) is 0 Å². The lowest BCUT2D eigenvalue weighted by atomic mass is 9.96. The van der Waals surface area contributed by atoms with Crippen molar-refractivity contribution in [1.82, 2.24) is 0 Å². The fraction of sp³-hybridized carbons (Fsp3) is 0.588. The van der Waals surface area contributed by atoms with Crippen LogP contribution in [0.15, 0.2) is 35.2 Å². The molecule has 0 aliphatic heterocycles. The summed E-state index contributed by atoms with van der Waals surface area (Å²) in [7, 11) is 0. The van der Waals surface area contributed by atoms with E-state index in [4.69, 9.17) is 0 Å². The first-order valence-corrected chi connectivity index (χ1v) is 8.36. The molecule has 0 saturated heterocycles. The van der Waals surface area contributed by atoms with Crippen molar-refractivity contribution < 1.29 is 4.79 Å². The van der Waals surface area contributed by atoms with Gasteiger partial charge in [-0.25, -0.2) is 0 Å². The van der Waals surface area contributed by atoms with Gasteiger partial charge in [0.25, 0.3) is 0 Å². The lowest BCUT2D eigenvalue weighted by Gasteiger charge is -2.22. The maximum absolute atomic E-state index is 11.4. The van der Waals surface area contributed by atoms with Gasteiger partial charge in [-0.05, 0) is 25.0 Å². The Morgan fingerprint density at radius 2 is 1.79 bits per heavy atom. The number of hydrogen-bond acceptors (Lipinski definition) is 2. The summed E-state index contributed by atoms with van der Waals surface area (Å²) in [6.45, 7) is 4.41. The lowest BCUT2D eigenvalue weighted by Crippen LogP contribution is -2.19. The van der Waals surface area contributed by atoms with E-state index in [-0.39, 0.29) is 5.92 Å². The highest BCUT2D eigenvalue weighted by Gasteiger charge is 2.21. The lowest BCUT2D eigenvalue weighted by molar-refractivity contribution is -0.111. The Hall–Kier alpha value is -0.760. The van der Waals surface area contributed by atoms with Gasteiger partial charge in [-0.1, -0.05) is 57.7 Å². The predicted octanol–water partition coefficient (Wildman–Crippen LogP) is 5.34. The van der Waals surface area contributed by atoms with Crippen molar-refractivity contribution in [2.24, 2.45) is 5.92 Å². The zero-order valence-corrected chi connectivity index (χ0v) is 13.0. The Kier molecular flexibility index (Phi) is 8.64. The van der Waals surface area contributed by atoms with Crippen LogP contribution >= 0.6 is 11.8 Å². The number of rotatable bonds is 10. The second-order valence-electron chi connectivity index (χ2n) is 5.05. The Labute approximate surface area is 122 Å². The summed E-state index contributed by atoms with van der Waals surface area (Å²) < 4.78 is 0. The van der Waals surface area contributed by atoms with Crippen molar-refractivity contribution in [2.45, 2.75) is 62.5 Å². The highest BCUT2D eigenvalue weighted by atomic mass is 32.2. The van der Waals surface area contributed by atoms with E-state index >= 15 is 0 Å². The van der Waals surface area contributed by atoms with Crippen LogP contribution in [0.4, 0.5) is 0 Å². The molecule has 0 radical (unpaired) electrons. The van der Waals surface area contributed by atoms with Gasteiger partial charge in [0.05, 0.1) is 0 Å². The molecule has 0 bridgehead atoms. The van der Waals surface area contributed by atoms with E-state index in [9.17, 15) is 4.79 Å². The number of carbonyl (C=O) groups excluding carboxylic acids is 1. The minimum absolute atomic E-state index is 0.205. The second kappa shape index (κ2) is 10.1. The minimum Gasteiger partial charge on any atom is -0.303 e. The summed E-state index contributed by atoms with van der Waals surface area (Å²) in [6, 6.07) is 10.5. The Balaban J connectivity index is 2.60. The normalized spacial score (nSPS) is 14.0. The monoisotopic (exact) mass is 278 g/mol. The summed E-state index contributed by atoms with van der Waals surface area (Å²) in [5.74, 6) is 0.205. The van der Waals surface area contributed by atoms with E-state index in [1.807, 2.05) is 17.8 Å². The summed E-state index contributed by atoms with van der Waals surface area (Å²) in [4.78, 5) is 12.7. The van der Waals surface area contributed by atoms with Gasteiger partial charge < -0.3 is 4.79 Å². The topological polar surface area (TPSA) is 17.1 Å². The van der Waals surface area contributed by atoms with Crippen LogP contribution in [-0.4, -0.2) is 11.5 Å². The van der Waals surface area contributed by atoms with Gasteiger partial charge in [0, 0.05) is 16.1 Å². The smallest absolute Gasteiger partial charge is 0.124 e. The fourth-order valence-corrected chi connectivity index (χ4v) is 3.68. The first-order valence-electron chi connectivity index (χ1n) is 7.48. The summed E-state index contributed by atoms with van der Waals surface area (Å²) >= 11 is 1.87. The third-order valence-electron chi connectivity index (χ3n) is 3.40. The van der Waals surface area contributed by atoms with Crippen LogP contribution in [0, 0.1) is 5.92 Å². The standard InChI is InChI=1S/C17H26OS/c1-3-5-7-11-15(14-18)17(10-4-2)19-16-12-8-6-9-13-16/h6,8-9,12-15,17H,3-5,7,10-11H2,1-2H3. The predicted molar refractivity (Wildman–Crippen MR) is 84.7 cm³/mol. The molecular formula is C17H26OS. The second-order valence-corrected chi connectivity index (χ2v) is 6.37. The van der Waals surface area contributed by atoms with Gasteiger partial charge in [0.15, 0.2) is 0 Å². The quantitative estimate of drug-likeness (QED) is 0.326. The molecular weight excluding hydrogens is 252 g/mol. The van der Waals surface area contributed by atoms with E-state index in [2.05, 4.69) is 38.1 Å². The fourth-order valence-electron chi connectivity index (χ4n) is 2.29. The van der Waals surface area contributed by atoms with Crippen molar-refractivity contribution in [1.29, 1.82) is 0 Å². The molecule has 0 fully saturated rings. The van der Waals surface area contributed by atoms with E-state index in [0.29, 0.717) is 5.25 Å². The van der Waals surface area contributed by atoms with E-state index in [0.717, 1.165) is 19.3 Å². The zero-order chi connectivity index (χ0) is 13.9. The van der Waals surface area contributed by atoms with Crippen LogP contribution in [-0.2, 0) is 4.79 Å². The van der Waals surface area contributed by atoms with Gasteiger partial charge in [-0.15, -0.1) is 11.8 Å². The highest BCUT2D eigenvalue weighted by Crippen LogP contribution is 2.32. The Morgan fingerprint density at radius 3 is 2.37 bits per heavy atom. The molecule has 0 amide bonds. The number of aldehydes is 1. The maximum atomic E-state index is 11.4. The van der Waals surface area contributed by atoms with E-state index < -0.39 is 0 Å². The number of benzene rings is 1. The van der Waals surface area contributed by atoms with Gasteiger partial charge in [-0.2, -0.15) is 0 Å². The average molecular weight is 278 g/mol. The molecule has 0 spiro atoms. The molecule has 0 aliphatic rings. The largest absolute Gasteiger partial charge is 0.303 e. The Bertz CT molecular complexity index is 336. The van der Waals surface area contributed by atoms with Gasteiger partial charge >= 0.3 is 0 Å². The van der Waals surface area contributed by atoms with Crippen molar-refractivity contribution in [3.8, 4) is 0 Å². The molecule has 1 aromatic carbocycles. The minimum atomic E-state index is 0.205. The molecule has 0 saturated carbocycles. The van der Waals surface area contributed by atoms with Crippen LogP contribution in [0.2, 0.25) is 0 Å². The van der Waals surface area contributed by atoms with E-state index in [1.54, 1.807) is 0 Å². The SMILES string of the molecule is CCCCCC(C=O)C(CCC)Sc1ccccc1. The number of unbranched alkanes of at least 4 members (excludes halogenated alkanes) is 2. The molecule has 106 valence electrons. The molecule has 19 heavy (non-hydrogen) atoms. The molecule has 2 atom stereocenters. The molecule has 1 rings (SSSR count). The van der Waals surface area contributed by atoms with Crippen LogP contribution < -0.4 is 0 Å². The highest BCUT2D eigenvalue weighted by molar-refractivity contribution is 8.00. The molecule has 1 nitrogen and oxygen atoms in total.